The topological polar surface area (TPSA) is 51.7 Å². The lowest BCUT2D eigenvalue weighted by atomic mass is 10.2. The van der Waals surface area contributed by atoms with Crippen LogP contribution in [-0.4, -0.2) is 48.2 Å². The highest BCUT2D eigenvalue weighted by Gasteiger charge is 2.26. The van der Waals surface area contributed by atoms with Crippen LogP contribution in [0.3, 0.4) is 0 Å². The summed E-state index contributed by atoms with van der Waals surface area (Å²) in [5, 5.41) is 0. The molecule has 5 nitrogen and oxygen atoms in total. The molecule has 0 aliphatic carbocycles. The second-order valence-corrected chi connectivity index (χ2v) is 6.29. The fourth-order valence-corrected chi connectivity index (χ4v) is 2.81. The number of hydrogen-bond donors (Lipinski definition) is 0. The molecule has 0 saturated carbocycles. The summed E-state index contributed by atoms with van der Waals surface area (Å²) < 4.78 is 38.2. The standard InChI is InChI=1S/C17H15BrF2N2O3/c18-16-3-1-2-14(21-16)17(23)22-6-7-24-12(9-22)10-25-15-8-11(19)4-5-13(15)20/h1-5,8,12H,6-7,9-10H2. The van der Waals surface area contributed by atoms with Crippen LogP contribution in [0, 0.1) is 11.6 Å². The number of morpholine rings is 1. The van der Waals surface area contributed by atoms with Gasteiger partial charge in [-0.15, -0.1) is 0 Å². The highest BCUT2D eigenvalue weighted by molar-refractivity contribution is 9.10. The van der Waals surface area contributed by atoms with Crippen molar-refractivity contribution < 1.29 is 23.0 Å². The number of hydrogen-bond acceptors (Lipinski definition) is 4. The van der Waals surface area contributed by atoms with Crippen molar-refractivity contribution in [3.63, 3.8) is 0 Å². The molecule has 0 radical (unpaired) electrons. The first-order valence-electron chi connectivity index (χ1n) is 7.64. The van der Waals surface area contributed by atoms with Crippen LogP contribution < -0.4 is 4.74 Å². The summed E-state index contributed by atoms with van der Waals surface area (Å²) in [6.07, 6.45) is -0.437. The second-order valence-electron chi connectivity index (χ2n) is 5.48. The monoisotopic (exact) mass is 412 g/mol. The average molecular weight is 413 g/mol. The molecule has 1 atom stereocenters. The van der Waals surface area contributed by atoms with Gasteiger partial charge >= 0.3 is 0 Å². The minimum atomic E-state index is -0.650. The molecule has 1 aliphatic heterocycles. The predicted octanol–water partition coefficient (Wildman–Crippen LogP) is 3.04. The van der Waals surface area contributed by atoms with Gasteiger partial charge in [0.25, 0.3) is 5.91 Å². The molecule has 0 N–H and O–H groups in total. The number of rotatable bonds is 4. The van der Waals surface area contributed by atoms with E-state index in [-0.39, 0.29) is 24.8 Å². The van der Waals surface area contributed by atoms with Gasteiger partial charge in [0, 0.05) is 12.6 Å². The van der Waals surface area contributed by atoms with Gasteiger partial charge in [-0.05, 0) is 40.2 Å². The van der Waals surface area contributed by atoms with Crippen LogP contribution in [-0.2, 0) is 4.74 Å². The quantitative estimate of drug-likeness (QED) is 0.724. The van der Waals surface area contributed by atoms with Crippen molar-refractivity contribution in [3.05, 3.63) is 58.3 Å². The van der Waals surface area contributed by atoms with E-state index >= 15 is 0 Å². The molecule has 1 saturated heterocycles. The summed E-state index contributed by atoms with van der Waals surface area (Å²) in [7, 11) is 0. The van der Waals surface area contributed by atoms with E-state index in [9.17, 15) is 13.6 Å². The zero-order chi connectivity index (χ0) is 17.8. The van der Waals surface area contributed by atoms with Gasteiger partial charge in [-0.2, -0.15) is 0 Å². The summed E-state index contributed by atoms with van der Waals surface area (Å²) >= 11 is 3.24. The average Bonchev–Trinajstić information content (AvgIpc) is 2.62. The highest BCUT2D eigenvalue weighted by atomic mass is 79.9. The van der Waals surface area contributed by atoms with Gasteiger partial charge in [-0.25, -0.2) is 13.8 Å². The minimum absolute atomic E-state index is 0.00999. The first-order valence-corrected chi connectivity index (χ1v) is 8.43. The summed E-state index contributed by atoms with van der Waals surface area (Å²) in [5.74, 6) is -1.63. The molecule has 1 aliphatic rings. The Morgan fingerprint density at radius 2 is 2.20 bits per heavy atom. The molecule has 132 valence electrons. The van der Waals surface area contributed by atoms with Crippen molar-refractivity contribution in [1.29, 1.82) is 0 Å². The van der Waals surface area contributed by atoms with Gasteiger partial charge in [-0.1, -0.05) is 6.07 Å². The third kappa shape index (κ3) is 4.52. The van der Waals surface area contributed by atoms with Gasteiger partial charge in [0.2, 0.25) is 0 Å². The smallest absolute Gasteiger partial charge is 0.272 e. The molecule has 8 heteroatoms. The molecule has 1 unspecified atom stereocenters. The highest BCUT2D eigenvalue weighted by Crippen LogP contribution is 2.19. The first-order chi connectivity index (χ1) is 12.0. The lowest BCUT2D eigenvalue weighted by Crippen LogP contribution is -2.47. The molecule has 0 spiro atoms. The lowest BCUT2D eigenvalue weighted by molar-refractivity contribution is -0.0407. The molecule has 1 amide bonds. The number of nitrogens with zero attached hydrogens (tertiary/aromatic N) is 2. The van der Waals surface area contributed by atoms with Gasteiger partial charge in [-0.3, -0.25) is 4.79 Å². The Bertz CT molecular complexity index is 775. The van der Waals surface area contributed by atoms with Crippen LogP contribution in [0.25, 0.3) is 0 Å². The van der Waals surface area contributed by atoms with Crippen molar-refractivity contribution in [2.24, 2.45) is 0 Å². The van der Waals surface area contributed by atoms with E-state index in [0.717, 1.165) is 18.2 Å². The Hall–Kier alpha value is -2.06. The van der Waals surface area contributed by atoms with Crippen LogP contribution in [0.1, 0.15) is 10.5 Å². The molecule has 2 aromatic rings. The SMILES string of the molecule is O=C(c1cccc(Br)n1)N1CCOC(COc2cc(F)ccc2F)C1. The molecule has 1 aromatic heterocycles. The zero-order valence-corrected chi connectivity index (χ0v) is 14.7. The molecule has 1 aromatic carbocycles. The summed E-state index contributed by atoms with van der Waals surface area (Å²) in [4.78, 5) is 18.3. The zero-order valence-electron chi connectivity index (χ0n) is 13.1. The van der Waals surface area contributed by atoms with E-state index < -0.39 is 17.7 Å². The van der Waals surface area contributed by atoms with Crippen LogP contribution in [0.4, 0.5) is 8.78 Å². The lowest BCUT2D eigenvalue weighted by Gasteiger charge is -2.32. The van der Waals surface area contributed by atoms with E-state index in [0.29, 0.717) is 23.4 Å². The van der Waals surface area contributed by atoms with Crippen molar-refractivity contribution in [2.75, 3.05) is 26.3 Å². The third-order valence-corrected chi connectivity index (χ3v) is 4.12. The van der Waals surface area contributed by atoms with E-state index in [1.165, 1.54) is 0 Å². The van der Waals surface area contributed by atoms with Crippen LogP contribution in [0.15, 0.2) is 41.0 Å². The Labute approximate surface area is 151 Å². The second kappa shape index (κ2) is 7.88. The molecule has 1 fully saturated rings. The fourth-order valence-electron chi connectivity index (χ4n) is 2.46. The fraction of sp³-hybridized carbons (Fsp3) is 0.294. The predicted molar refractivity (Wildman–Crippen MR) is 89.4 cm³/mol. The number of carbonyl (C=O) groups is 1. The number of ether oxygens (including phenoxy) is 2. The van der Waals surface area contributed by atoms with Crippen LogP contribution >= 0.6 is 15.9 Å². The normalized spacial score (nSPS) is 17.4. The van der Waals surface area contributed by atoms with Crippen LogP contribution in [0.5, 0.6) is 5.75 Å². The van der Waals surface area contributed by atoms with Crippen molar-refractivity contribution >= 4 is 21.8 Å². The Balaban J connectivity index is 1.61. The van der Waals surface area contributed by atoms with E-state index in [1.807, 2.05) is 0 Å². The van der Waals surface area contributed by atoms with E-state index in [4.69, 9.17) is 9.47 Å². The van der Waals surface area contributed by atoms with Gasteiger partial charge in [0.05, 0.1) is 13.2 Å². The molecule has 2 heterocycles. The minimum Gasteiger partial charge on any atom is -0.488 e. The number of carbonyl (C=O) groups excluding carboxylic acids is 1. The Morgan fingerprint density at radius 3 is 3.00 bits per heavy atom. The van der Waals surface area contributed by atoms with Crippen molar-refractivity contribution in [3.8, 4) is 5.75 Å². The van der Waals surface area contributed by atoms with Gasteiger partial charge < -0.3 is 14.4 Å². The maximum absolute atomic E-state index is 13.6. The number of aromatic nitrogens is 1. The van der Waals surface area contributed by atoms with E-state index in [1.54, 1.807) is 23.1 Å². The van der Waals surface area contributed by atoms with E-state index in [2.05, 4.69) is 20.9 Å². The van der Waals surface area contributed by atoms with Crippen molar-refractivity contribution in [2.45, 2.75) is 6.10 Å². The number of benzene rings is 1. The summed E-state index contributed by atoms with van der Waals surface area (Å²) in [6, 6.07) is 8.10. The maximum atomic E-state index is 13.6. The molecular weight excluding hydrogens is 398 g/mol. The summed E-state index contributed by atoms with van der Waals surface area (Å²) in [5.41, 5.74) is 0.326. The number of pyridine rings is 1. The molecular formula is C17H15BrF2N2O3. The van der Waals surface area contributed by atoms with Gasteiger partial charge in [0.1, 0.15) is 28.8 Å². The number of amides is 1. The largest absolute Gasteiger partial charge is 0.488 e. The maximum Gasteiger partial charge on any atom is 0.272 e. The Morgan fingerprint density at radius 1 is 1.36 bits per heavy atom. The third-order valence-electron chi connectivity index (χ3n) is 3.68. The Kier molecular flexibility index (Phi) is 5.60. The van der Waals surface area contributed by atoms with Crippen molar-refractivity contribution in [1.82, 2.24) is 9.88 Å². The molecule has 25 heavy (non-hydrogen) atoms. The number of halogens is 3. The first kappa shape index (κ1) is 17.8. The summed E-state index contributed by atoms with van der Waals surface area (Å²) in [6.45, 7) is 1.05. The van der Waals surface area contributed by atoms with Crippen LogP contribution in [0.2, 0.25) is 0 Å². The van der Waals surface area contributed by atoms with Gasteiger partial charge in [0.15, 0.2) is 11.6 Å². The molecule has 0 bridgehead atoms. The molecule has 3 rings (SSSR count).